The summed E-state index contributed by atoms with van der Waals surface area (Å²) in [5.74, 6) is -0.499. The molecule has 3 rings (SSSR count). The minimum Gasteiger partial charge on any atom is -0.350 e. The van der Waals surface area contributed by atoms with E-state index in [4.69, 9.17) is 11.6 Å². The number of benzene rings is 1. The van der Waals surface area contributed by atoms with Crippen molar-refractivity contribution in [2.24, 2.45) is 0 Å². The maximum atomic E-state index is 13.8. The molecule has 6 heteroatoms. The summed E-state index contributed by atoms with van der Waals surface area (Å²) in [4.78, 5) is 17.2. The number of amides is 1. The highest BCUT2D eigenvalue weighted by Crippen LogP contribution is 2.28. The number of nitrogens with zero attached hydrogens (tertiary/aromatic N) is 1. The molecule has 0 aliphatic carbocycles. The van der Waals surface area contributed by atoms with Gasteiger partial charge in [0.2, 0.25) is 0 Å². The highest BCUT2D eigenvalue weighted by atomic mass is 35.5. The zero-order valence-electron chi connectivity index (χ0n) is 11.1. The van der Waals surface area contributed by atoms with Crippen molar-refractivity contribution in [3.63, 3.8) is 0 Å². The normalized spacial score (nSPS) is 15.8. The van der Waals surface area contributed by atoms with Crippen LogP contribution in [0.5, 0.6) is 0 Å². The van der Waals surface area contributed by atoms with Gasteiger partial charge in [-0.1, -0.05) is 11.6 Å². The Morgan fingerprint density at radius 1 is 1.35 bits per heavy atom. The number of rotatable bonds is 1. The third-order valence-electron chi connectivity index (χ3n) is 3.68. The molecule has 0 unspecified atom stereocenters. The van der Waals surface area contributed by atoms with Crippen LogP contribution < -0.4 is 5.32 Å². The van der Waals surface area contributed by atoms with E-state index in [9.17, 15) is 9.18 Å². The van der Waals surface area contributed by atoms with Gasteiger partial charge in [0, 0.05) is 37.1 Å². The molecule has 4 nitrogen and oxygen atoms in total. The second-order valence-corrected chi connectivity index (χ2v) is 5.39. The fourth-order valence-corrected chi connectivity index (χ4v) is 2.80. The molecule has 0 atom stereocenters. The van der Waals surface area contributed by atoms with Crippen molar-refractivity contribution in [2.75, 3.05) is 26.2 Å². The molecule has 1 amide bonds. The summed E-state index contributed by atoms with van der Waals surface area (Å²) in [6.07, 6.45) is 0. The summed E-state index contributed by atoms with van der Waals surface area (Å²) in [7, 11) is 0. The molecule has 0 saturated carbocycles. The maximum absolute atomic E-state index is 13.8. The van der Waals surface area contributed by atoms with E-state index in [2.05, 4.69) is 10.3 Å². The van der Waals surface area contributed by atoms with E-state index in [0.29, 0.717) is 29.9 Å². The van der Waals surface area contributed by atoms with Crippen molar-refractivity contribution in [1.82, 2.24) is 15.2 Å². The topological polar surface area (TPSA) is 48.1 Å². The molecule has 106 valence electrons. The first-order valence-corrected chi connectivity index (χ1v) is 6.93. The molecule has 1 aliphatic heterocycles. The van der Waals surface area contributed by atoms with Crippen LogP contribution in [0.4, 0.5) is 4.39 Å². The first-order valence-electron chi connectivity index (χ1n) is 6.55. The standard InChI is InChI=1S/C14H15ClFN3O/c1-8-12(16)10(15)6-9-7-11(18-13(8)9)14(20)19-4-2-17-3-5-19/h6-7,17-18H,2-5H2,1H3. The third-order valence-corrected chi connectivity index (χ3v) is 3.95. The van der Waals surface area contributed by atoms with Gasteiger partial charge in [-0.05, 0) is 19.1 Å². The molecule has 1 fully saturated rings. The highest BCUT2D eigenvalue weighted by Gasteiger charge is 2.21. The number of H-pyrrole nitrogens is 1. The van der Waals surface area contributed by atoms with Crippen LogP contribution in [-0.2, 0) is 0 Å². The molecule has 2 heterocycles. The van der Waals surface area contributed by atoms with E-state index in [0.717, 1.165) is 18.5 Å². The molecule has 1 aromatic carbocycles. The summed E-state index contributed by atoms with van der Waals surface area (Å²) in [6.45, 7) is 4.61. The lowest BCUT2D eigenvalue weighted by Crippen LogP contribution is -2.46. The van der Waals surface area contributed by atoms with Crippen molar-refractivity contribution in [3.8, 4) is 0 Å². The minimum atomic E-state index is -0.442. The van der Waals surface area contributed by atoms with Gasteiger partial charge >= 0.3 is 0 Å². The molecule has 1 saturated heterocycles. The van der Waals surface area contributed by atoms with Crippen LogP contribution in [0.2, 0.25) is 5.02 Å². The zero-order valence-corrected chi connectivity index (χ0v) is 11.9. The molecule has 0 bridgehead atoms. The Morgan fingerprint density at radius 2 is 2.05 bits per heavy atom. The Kier molecular flexibility index (Phi) is 3.40. The highest BCUT2D eigenvalue weighted by molar-refractivity contribution is 6.31. The second-order valence-electron chi connectivity index (χ2n) is 4.99. The molecule has 0 spiro atoms. The molecule has 2 aromatic rings. The van der Waals surface area contributed by atoms with Gasteiger partial charge in [0.15, 0.2) is 0 Å². The summed E-state index contributed by atoms with van der Waals surface area (Å²) in [5, 5.41) is 4.04. The lowest BCUT2D eigenvalue weighted by Gasteiger charge is -2.26. The van der Waals surface area contributed by atoms with Crippen LogP contribution in [0.1, 0.15) is 16.1 Å². The number of fused-ring (bicyclic) bond motifs is 1. The van der Waals surface area contributed by atoms with Gasteiger partial charge < -0.3 is 15.2 Å². The second kappa shape index (κ2) is 5.07. The number of halogens is 2. The summed E-state index contributed by atoms with van der Waals surface area (Å²) < 4.78 is 13.8. The third kappa shape index (κ3) is 2.17. The number of aryl methyl sites for hydroxylation is 1. The number of piperazine rings is 1. The van der Waals surface area contributed by atoms with Crippen LogP contribution in [0.3, 0.4) is 0 Å². The lowest BCUT2D eigenvalue weighted by molar-refractivity contribution is 0.0731. The SMILES string of the molecule is Cc1c(F)c(Cl)cc2cc(C(=O)N3CCNCC3)[nH]c12. The van der Waals surface area contributed by atoms with E-state index >= 15 is 0 Å². The van der Waals surface area contributed by atoms with Gasteiger partial charge in [-0.2, -0.15) is 0 Å². The Morgan fingerprint density at radius 3 is 2.75 bits per heavy atom. The van der Waals surface area contributed by atoms with Crippen molar-refractivity contribution in [3.05, 3.63) is 34.2 Å². The summed E-state index contributed by atoms with van der Waals surface area (Å²) >= 11 is 5.84. The average Bonchev–Trinajstić information content (AvgIpc) is 2.89. The Balaban J connectivity index is 2.00. The van der Waals surface area contributed by atoms with E-state index in [1.165, 1.54) is 0 Å². The van der Waals surface area contributed by atoms with Crippen LogP contribution in [0, 0.1) is 12.7 Å². The number of aromatic amines is 1. The molecule has 20 heavy (non-hydrogen) atoms. The van der Waals surface area contributed by atoms with E-state index in [1.54, 1.807) is 24.0 Å². The molecule has 2 N–H and O–H groups in total. The fraction of sp³-hybridized carbons (Fsp3) is 0.357. The van der Waals surface area contributed by atoms with Crippen LogP contribution >= 0.6 is 11.6 Å². The van der Waals surface area contributed by atoms with Crippen molar-refractivity contribution < 1.29 is 9.18 Å². The van der Waals surface area contributed by atoms with E-state index < -0.39 is 5.82 Å². The predicted molar refractivity (Wildman–Crippen MR) is 76.8 cm³/mol. The number of nitrogens with one attached hydrogen (secondary N) is 2. The minimum absolute atomic E-state index is 0.0568. The van der Waals surface area contributed by atoms with Gasteiger partial charge in [0.1, 0.15) is 11.5 Å². The quantitative estimate of drug-likeness (QED) is 0.848. The zero-order chi connectivity index (χ0) is 14.3. The summed E-state index contributed by atoms with van der Waals surface area (Å²) in [6, 6.07) is 3.28. The fourth-order valence-electron chi connectivity index (χ4n) is 2.54. The monoisotopic (exact) mass is 295 g/mol. The molecule has 0 radical (unpaired) electrons. The van der Waals surface area contributed by atoms with Gasteiger partial charge in [0.25, 0.3) is 5.91 Å². The van der Waals surface area contributed by atoms with E-state index in [1.807, 2.05) is 0 Å². The molecule has 1 aromatic heterocycles. The predicted octanol–water partition coefficient (Wildman–Crippen LogP) is 2.31. The number of hydrogen-bond acceptors (Lipinski definition) is 2. The van der Waals surface area contributed by atoms with Crippen LogP contribution in [0.15, 0.2) is 12.1 Å². The summed E-state index contributed by atoms with van der Waals surface area (Å²) in [5.41, 5.74) is 1.55. The van der Waals surface area contributed by atoms with Gasteiger partial charge in [-0.15, -0.1) is 0 Å². The van der Waals surface area contributed by atoms with Crippen molar-refractivity contribution >= 4 is 28.4 Å². The smallest absolute Gasteiger partial charge is 0.270 e. The average molecular weight is 296 g/mol. The first kappa shape index (κ1) is 13.4. The lowest BCUT2D eigenvalue weighted by atomic mass is 10.1. The molecular formula is C14H15ClFN3O. The molecule has 1 aliphatic rings. The van der Waals surface area contributed by atoms with Crippen LogP contribution in [-0.4, -0.2) is 42.0 Å². The largest absolute Gasteiger partial charge is 0.350 e. The van der Waals surface area contributed by atoms with Crippen LogP contribution in [0.25, 0.3) is 10.9 Å². The van der Waals surface area contributed by atoms with E-state index in [-0.39, 0.29) is 10.9 Å². The number of hydrogen-bond donors (Lipinski definition) is 2. The Labute approximate surface area is 120 Å². The maximum Gasteiger partial charge on any atom is 0.270 e. The van der Waals surface area contributed by atoms with Crippen molar-refractivity contribution in [1.29, 1.82) is 0 Å². The Bertz CT molecular complexity index is 677. The Hall–Kier alpha value is -1.59. The van der Waals surface area contributed by atoms with Gasteiger partial charge in [-0.3, -0.25) is 4.79 Å². The molecular weight excluding hydrogens is 281 g/mol. The first-order chi connectivity index (χ1) is 9.58. The van der Waals surface area contributed by atoms with Gasteiger partial charge in [-0.25, -0.2) is 4.39 Å². The number of carbonyl (C=O) groups is 1. The van der Waals surface area contributed by atoms with Crippen molar-refractivity contribution in [2.45, 2.75) is 6.92 Å². The number of carbonyl (C=O) groups excluding carboxylic acids is 1. The number of aromatic nitrogens is 1. The van der Waals surface area contributed by atoms with Gasteiger partial charge in [0.05, 0.1) is 10.5 Å².